The second-order valence-electron chi connectivity index (χ2n) is 3.38. The van der Waals surface area contributed by atoms with E-state index in [0.717, 1.165) is 5.56 Å². The number of sulfone groups is 1. The highest BCUT2D eigenvalue weighted by atomic mass is 32.2. The van der Waals surface area contributed by atoms with Crippen molar-refractivity contribution < 1.29 is 17.9 Å². The number of fused-ring (bicyclic) bond motifs is 2. The molecule has 0 amide bonds. The molecule has 0 atom stereocenters. The van der Waals surface area contributed by atoms with Gasteiger partial charge in [-0.25, -0.2) is 8.42 Å². The van der Waals surface area contributed by atoms with E-state index in [1.807, 2.05) is 0 Å². The van der Waals surface area contributed by atoms with Gasteiger partial charge in [-0.3, -0.25) is 0 Å². The van der Waals surface area contributed by atoms with Crippen molar-refractivity contribution in [2.75, 3.05) is 12.5 Å². The molecule has 0 saturated carbocycles. The molecular weight excluding hydrogens is 204 g/mol. The zero-order valence-electron chi connectivity index (χ0n) is 7.32. The lowest BCUT2D eigenvalue weighted by molar-refractivity contribution is 0.174. The van der Waals surface area contributed by atoms with Gasteiger partial charge in [-0.15, -0.1) is 0 Å². The van der Waals surface area contributed by atoms with Crippen LogP contribution in [-0.2, 0) is 16.3 Å². The van der Waals surface area contributed by atoms with Crippen LogP contribution in [0.25, 0.3) is 0 Å². The van der Waals surface area contributed by atoms with E-state index < -0.39 is 9.84 Å². The Bertz CT molecular complexity index is 504. The Hall–Kier alpha value is -1.23. The van der Waals surface area contributed by atoms with Crippen molar-refractivity contribution in [2.45, 2.75) is 11.3 Å². The third kappa shape index (κ3) is 0.957. The summed E-state index contributed by atoms with van der Waals surface area (Å²) in [5.41, 5.74) is 0.842. The van der Waals surface area contributed by atoms with Crippen molar-refractivity contribution in [3.8, 4) is 11.5 Å². The first-order chi connectivity index (χ1) is 6.67. The summed E-state index contributed by atoms with van der Waals surface area (Å²) in [5, 5.41) is 0. The molecule has 14 heavy (non-hydrogen) atoms. The summed E-state index contributed by atoms with van der Waals surface area (Å²) in [5.74, 6) is 1.39. The first kappa shape index (κ1) is 8.11. The van der Waals surface area contributed by atoms with Crippen molar-refractivity contribution in [3.63, 3.8) is 0 Å². The summed E-state index contributed by atoms with van der Waals surface area (Å²) in [7, 11) is -3.06. The SMILES string of the molecule is O=S1(=O)CCc2cc3c(cc21)OCO3. The Morgan fingerprint density at radius 2 is 1.86 bits per heavy atom. The van der Waals surface area contributed by atoms with Crippen LogP contribution in [0.1, 0.15) is 5.56 Å². The highest BCUT2D eigenvalue weighted by Gasteiger charge is 2.29. The molecule has 0 aliphatic carbocycles. The maximum Gasteiger partial charge on any atom is 0.231 e. The molecule has 0 aromatic heterocycles. The van der Waals surface area contributed by atoms with E-state index in [1.54, 1.807) is 12.1 Å². The van der Waals surface area contributed by atoms with Crippen LogP contribution in [-0.4, -0.2) is 21.0 Å². The van der Waals surface area contributed by atoms with Gasteiger partial charge in [0.25, 0.3) is 0 Å². The lowest BCUT2D eigenvalue weighted by atomic mass is 10.1. The maximum absolute atomic E-state index is 11.6. The average molecular weight is 212 g/mol. The Labute approximate surface area is 81.4 Å². The predicted molar refractivity (Wildman–Crippen MR) is 48.3 cm³/mol. The monoisotopic (exact) mass is 212 g/mol. The molecule has 74 valence electrons. The lowest BCUT2D eigenvalue weighted by Crippen LogP contribution is -1.98. The number of ether oxygens (including phenoxy) is 2. The van der Waals surface area contributed by atoms with Gasteiger partial charge in [0.15, 0.2) is 21.3 Å². The molecule has 2 aliphatic rings. The summed E-state index contributed by atoms with van der Waals surface area (Å²) in [4.78, 5) is 0.404. The quantitative estimate of drug-likeness (QED) is 0.636. The smallest absolute Gasteiger partial charge is 0.231 e. The van der Waals surface area contributed by atoms with Gasteiger partial charge < -0.3 is 9.47 Å². The number of benzene rings is 1. The second-order valence-corrected chi connectivity index (χ2v) is 5.46. The average Bonchev–Trinajstić information content (AvgIpc) is 2.69. The Morgan fingerprint density at radius 1 is 1.14 bits per heavy atom. The van der Waals surface area contributed by atoms with Gasteiger partial charge in [-0.05, 0) is 18.1 Å². The first-order valence-electron chi connectivity index (χ1n) is 4.32. The van der Waals surface area contributed by atoms with Crippen molar-refractivity contribution in [1.82, 2.24) is 0 Å². The van der Waals surface area contributed by atoms with Crippen LogP contribution in [0.2, 0.25) is 0 Å². The molecule has 0 bridgehead atoms. The molecule has 0 unspecified atom stereocenters. The van der Waals surface area contributed by atoms with E-state index >= 15 is 0 Å². The fraction of sp³-hybridized carbons (Fsp3) is 0.333. The topological polar surface area (TPSA) is 52.6 Å². The molecule has 0 radical (unpaired) electrons. The van der Waals surface area contributed by atoms with E-state index in [0.29, 0.717) is 22.8 Å². The molecule has 0 fully saturated rings. The molecule has 0 N–H and O–H groups in total. The van der Waals surface area contributed by atoms with Crippen molar-refractivity contribution in [3.05, 3.63) is 17.7 Å². The van der Waals surface area contributed by atoms with Crippen LogP contribution in [0.15, 0.2) is 17.0 Å². The molecule has 3 rings (SSSR count). The predicted octanol–water partition coefficient (Wildman–Crippen LogP) is 0.745. The Kier molecular flexibility index (Phi) is 1.40. The minimum atomic E-state index is -3.06. The molecule has 0 spiro atoms. The fourth-order valence-electron chi connectivity index (χ4n) is 1.80. The molecule has 2 aliphatic heterocycles. The summed E-state index contributed by atoms with van der Waals surface area (Å²) in [6.45, 7) is 0.179. The van der Waals surface area contributed by atoms with E-state index in [1.165, 1.54) is 0 Å². The van der Waals surface area contributed by atoms with Crippen molar-refractivity contribution >= 4 is 9.84 Å². The van der Waals surface area contributed by atoms with Crippen LogP contribution < -0.4 is 9.47 Å². The normalized spacial score (nSPS) is 20.9. The van der Waals surface area contributed by atoms with Crippen molar-refractivity contribution in [1.29, 1.82) is 0 Å². The molecule has 4 nitrogen and oxygen atoms in total. The van der Waals surface area contributed by atoms with E-state index in [9.17, 15) is 8.42 Å². The second kappa shape index (κ2) is 2.42. The van der Waals surface area contributed by atoms with Gasteiger partial charge in [0.05, 0.1) is 10.6 Å². The summed E-state index contributed by atoms with van der Waals surface area (Å²) in [6, 6.07) is 3.34. The third-order valence-corrected chi connectivity index (χ3v) is 4.32. The van der Waals surface area contributed by atoms with Gasteiger partial charge in [0.1, 0.15) is 0 Å². The molecule has 5 heteroatoms. The molecule has 2 heterocycles. The number of hydrogen-bond donors (Lipinski definition) is 0. The largest absolute Gasteiger partial charge is 0.454 e. The van der Waals surface area contributed by atoms with Crippen LogP contribution in [0.5, 0.6) is 11.5 Å². The standard InChI is InChI=1S/C9H8O4S/c10-14(11)2-1-6-3-7-8(4-9(6)14)13-5-12-7/h3-4H,1-2,5H2. The number of rotatable bonds is 0. The third-order valence-electron chi connectivity index (χ3n) is 2.53. The molecule has 1 aromatic carbocycles. The molecular formula is C9H8O4S. The minimum absolute atomic E-state index is 0.179. The summed E-state index contributed by atoms with van der Waals surface area (Å²) >= 11 is 0. The highest BCUT2D eigenvalue weighted by molar-refractivity contribution is 7.91. The fourth-order valence-corrected chi connectivity index (χ4v) is 3.36. The Morgan fingerprint density at radius 3 is 2.64 bits per heavy atom. The van der Waals surface area contributed by atoms with Gasteiger partial charge in [0.2, 0.25) is 6.79 Å². The van der Waals surface area contributed by atoms with Gasteiger partial charge in [0, 0.05) is 6.07 Å². The van der Waals surface area contributed by atoms with Gasteiger partial charge in [-0.2, -0.15) is 0 Å². The summed E-state index contributed by atoms with van der Waals surface area (Å²) in [6.07, 6.45) is 0.578. The van der Waals surface area contributed by atoms with Crippen LogP contribution in [0.3, 0.4) is 0 Å². The maximum atomic E-state index is 11.6. The van der Waals surface area contributed by atoms with Gasteiger partial charge in [-0.1, -0.05) is 0 Å². The molecule has 0 saturated heterocycles. The minimum Gasteiger partial charge on any atom is -0.454 e. The van der Waals surface area contributed by atoms with Crippen LogP contribution >= 0.6 is 0 Å². The lowest BCUT2D eigenvalue weighted by Gasteiger charge is -2.00. The number of hydrogen-bond acceptors (Lipinski definition) is 4. The highest BCUT2D eigenvalue weighted by Crippen LogP contribution is 2.39. The summed E-state index contributed by atoms with van der Waals surface area (Å²) < 4.78 is 33.4. The van der Waals surface area contributed by atoms with Crippen molar-refractivity contribution in [2.24, 2.45) is 0 Å². The number of aryl methyl sites for hydroxylation is 1. The van der Waals surface area contributed by atoms with Gasteiger partial charge >= 0.3 is 0 Å². The van der Waals surface area contributed by atoms with E-state index in [-0.39, 0.29) is 12.5 Å². The zero-order chi connectivity index (χ0) is 9.76. The zero-order valence-corrected chi connectivity index (χ0v) is 8.13. The van der Waals surface area contributed by atoms with Crippen LogP contribution in [0.4, 0.5) is 0 Å². The van der Waals surface area contributed by atoms with Crippen LogP contribution in [0, 0.1) is 0 Å². The van der Waals surface area contributed by atoms with E-state index in [4.69, 9.17) is 9.47 Å². The Balaban J connectivity index is 2.28. The first-order valence-corrected chi connectivity index (χ1v) is 5.97. The van der Waals surface area contributed by atoms with E-state index in [2.05, 4.69) is 0 Å². The molecule has 1 aromatic rings.